The second-order valence-corrected chi connectivity index (χ2v) is 7.05. The lowest BCUT2D eigenvalue weighted by Gasteiger charge is -2.07. The SMILES string of the molecule is CCOC(=O)c1c(-c2ccc(OCC)cc2)csc1N=Cc1cc(OC)ccc1O. The predicted molar refractivity (Wildman–Crippen MR) is 119 cm³/mol. The van der Waals surface area contributed by atoms with Gasteiger partial charge in [-0.2, -0.15) is 0 Å². The van der Waals surface area contributed by atoms with Gasteiger partial charge in [-0.15, -0.1) is 11.3 Å². The second kappa shape index (κ2) is 9.93. The van der Waals surface area contributed by atoms with Gasteiger partial charge < -0.3 is 19.3 Å². The molecule has 3 aromatic rings. The fourth-order valence-corrected chi connectivity index (χ4v) is 3.75. The molecule has 3 rings (SSSR count). The van der Waals surface area contributed by atoms with E-state index in [2.05, 4.69) is 4.99 Å². The van der Waals surface area contributed by atoms with Crippen molar-refractivity contribution in [1.82, 2.24) is 0 Å². The standard InChI is InChI=1S/C23H23NO5S/c1-4-28-17-8-6-15(7-9-17)19-14-30-22(21(19)23(26)29-5-2)24-13-16-12-18(27-3)10-11-20(16)25/h6-14,25H,4-5H2,1-3H3. The third-order valence-corrected chi connectivity index (χ3v) is 5.17. The molecule has 0 saturated heterocycles. The van der Waals surface area contributed by atoms with Gasteiger partial charge >= 0.3 is 5.97 Å². The molecule has 0 atom stereocenters. The molecule has 0 saturated carbocycles. The number of methoxy groups -OCH3 is 1. The summed E-state index contributed by atoms with van der Waals surface area (Å²) in [5.74, 6) is 0.993. The van der Waals surface area contributed by atoms with Crippen molar-refractivity contribution in [3.63, 3.8) is 0 Å². The van der Waals surface area contributed by atoms with E-state index >= 15 is 0 Å². The van der Waals surface area contributed by atoms with Crippen LogP contribution in [0, 0.1) is 0 Å². The van der Waals surface area contributed by atoms with Gasteiger partial charge in [0.15, 0.2) is 0 Å². The van der Waals surface area contributed by atoms with Crippen molar-refractivity contribution < 1.29 is 24.1 Å². The molecule has 1 aromatic heterocycles. The highest BCUT2D eigenvalue weighted by Crippen LogP contribution is 2.38. The van der Waals surface area contributed by atoms with Crippen molar-refractivity contribution in [2.24, 2.45) is 4.99 Å². The number of thiophene rings is 1. The van der Waals surface area contributed by atoms with Crippen molar-refractivity contribution in [1.29, 1.82) is 0 Å². The van der Waals surface area contributed by atoms with E-state index in [0.29, 0.717) is 28.5 Å². The Morgan fingerprint density at radius 1 is 1.10 bits per heavy atom. The first-order valence-electron chi connectivity index (χ1n) is 9.50. The Labute approximate surface area is 179 Å². The second-order valence-electron chi connectivity index (χ2n) is 6.19. The van der Waals surface area contributed by atoms with Crippen LogP contribution < -0.4 is 9.47 Å². The molecule has 0 aliphatic carbocycles. The Bertz CT molecular complexity index is 1040. The van der Waals surface area contributed by atoms with Gasteiger partial charge in [0, 0.05) is 22.7 Å². The van der Waals surface area contributed by atoms with E-state index in [1.165, 1.54) is 23.6 Å². The van der Waals surface area contributed by atoms with Gasteiger partial charge in [-0.1, -0.05) is 12.1 Å². The molecule has 0 aliphatic heterocycles. The molecule has 0 fully saturated rings. The Hall–Kier alpha value is -3.32. The van der Waals surface area contributed by atoms with Crippen molar-refractivity contribution in [2.45, 2.75) is 13.8 Å². The summed E-state index contributed by atoms with van der Waals surface area (Å²) >= 11 is 1.33. The molecule has 0 amide bonds. The molecule has 2 aromatic carbocycles. The Morgan fingerprint density at radius 2 is 1.83 bits per heavy atom. The number of benzene rings is 2. The number of ether oxygens (including phenoxy) is 3. The summed E-state index contributed by atoms with van der Waals surface area (Å²) in [4.78, 5) is 17.1. The number of carbonyl (C=O) groups excluding carboxylic acids is 1. The third-order valence-electron chi connectivity index (χ3n) is 4.28. The lowest BCUT2D eigenvalue weighted by Crippen LogP contribution is -2.05. The number of carbonyl (C=O) groups is 1. The Kier molecular flexibility index (Phi) is 7.08. The van der Waals surface area contributed by atoms with Crippen LogP contribution in [0.2, 0.25) is 0 Å². The predicted octanol–water partition coefficient (Wildman–Crippen LogP) is 5.46. The number of aromatic hydroxyl groups is 1. The maximum atomic E-state index is 12.7. The van der Waals surface area contributed by atoms with E-state index in [0.717, 1.165) is 16.9 Å². The molecular formula is C23H23NO5S. The summed E-state index contributed by atoms with van der Waals surface area (Å²) in [6.45, 7) is 4.53. The number of nitrogens with zero attached hydrogens (tertiary/aromatic N) is 1. The molecule has 0 aliphatic rings. The van der Waals surface area contributed by atoms with Crippen molar-refractivity contribution in [3.8, 4) is 28.4 Å². The van der Waals surface area contributed by atoms with Gasteiger partial charge in [-0.25, -0.2) is 9.79 Å². The largest absolute Gasteiger partial charge is 0.507 e. The van der Waals surface area contributed by atoms with Crippen LogP contribution >= 0.6 is 11.3 Å². The van der Waals surface area contributed by atoms with Gasteiger partial charge in [0.25, 0.3) is 0 Å². The topological polar surface area (TPSA) is 77.4 Å². The highest BCUT2D eigenvalue weighted by Gasteiger charge is 2.21. The normalized spacial score (nSPS) is 10.9. The highest BCUT2D eigenvalue weighted by molar-refractivity contribution is 7.14. The lowest BCUT2D eigenvalue weighted by molar-refractivity contribution is 0.0529. The molecule has 156 valence electrons. The summed E-state index contributed by atoms with van der Waals surface area (Å²) in [5.41, 5.74) is 2.48. The number of esters is 1. The number of hydrogen-bond acceptors (Lipinski definition) is 7. The molecule has 1 heterocycles. The number of phenolic OH excluding ortho intramolecular Hbond substituents is 1. The summed E-state index contributed by atoms with van der Waals surface area (Å²) < 4.78 is 15.9. The van der Waals surface area contributed by atoms with Crippen molar-refractivity contribution in [2.75, 3.05) is 20.3 Å². The van der Waals surface area contributed by atoms with E-state index in [-0.39, 0.29) is 12.4 Å². The van der Waals surface area contributed by atoms with Crippen LogP contribution in [0.25, 0.3) is 11.1 Å². The number of phenols is 1. The zero-order valence-electron chi connectivity index (χ0n) is 17.0. The maximum Gasteiger partial charge on any atom is 0.341 e. The quantitative estimate of drug-likeness (QED) is 0.383. The van der Waals surface area contributed by atoms with Crippen LogP contribution in [0.3, 0.4) is 0 Å². The van der Waals surface area contributed by atoms with Crippen LogP contribution in [0.1, 0.15) is 29.8 Å². The summed E-state index contributed by atoms with van der Waals surface area (Å²) in [7, 11) is 1.55. The summed E-state index contributed by atoms with van der Waals surface area (Å²) in [5, 5.41) is 12.5. The minimum atomic E-state index is -0.440. The van der Waals surface area contributed by atoms with E-state index < -0.39 is 5.97 Å². The van der Waals surface area contributed by atoms with Gasteiger partial charge in [0.05, 0.1) is 20.3 Å². The van der Waals surface area contributed by atoms with Crippen molar-refractivity contribution >= 4 is 28.5 Å². The minimum Gasteiger partial charge on any atom is -0.507 e. The zero-order chi connectivity index (χ0) is 21.5. The van der Waals surface area contributed by atoms with Gasteiger partial charge in [-0.05, 0) is 49.7 Å². The molecule has 6 nitrogen and oxygen atoms in total. The molecule has 1 N–H and O–H groups in total. The zero-order valence-corrected chi connectivity index (χ0v) is 17.9. The Balaban J connectivity index is 2.00. The van der Waals surface area contributed by atoms with E-state index in [1.807, 2.05) is 36.6 Å². The smallest absolute Gasteiger partial charge is 0.341 e. The average Bonchev–Trinajstić information content (AvgIpc) is 3.18. The van der Waals surface area contributed by atoms with Crippen LogP contribution in [-0.4, -0.2) is 37.6 Å². The highest BCUT2D eigenvalue weighted by atomic mass is 32.1. The monoisotopic (exact) mass is 425 g/mol. The van der Waals surface area contributed by atoms with Gasteiger partial charge in [0.2, 0.25) is 0 Å². The van der Waals surface area contributed by atoms with Gasteiger partial charge in [0.1, 0.15) is 27.8 Å². The van der Waals surface area contributed by atoms with Gasteiger partial charge in [-0.3, -0.25) is 0 Å². The molecule has 0 bridgehead atoms. The first-order valence-corrected chi connectivity index (χ1v) is 10.4. The number of rotatable bonds is 8. The molecule has 0 spiro atoms. The van der Waals surface area contributed by atoms with E-state index in [9.17, 15) is 9.90 Å². The molecular weight excluding hydrogens is 402 g/mol. The van der Waals surface area contributed by atoms with E-state index in [4.69, 9.17) is 14.2 Å². The minimum absolute atomic E-state index is 0.0699. The first-order chi connectivity index (χ1) is 14.6. The van der Waals surface area contributed by atoms with Crippen LogP contribution in [0.5, 0.6) is 17.2 Å². The molecule has 7 heteroatoms. The summed E-state index contributed by atoms with van der Waals surface area (Å²) in [6.07, 6.45) is 1.51. The van der Waals surface area contributed by atoms with Crippen molar-refractivity contribution in [3.05, 3.63) is 59.0 Å². The van der Waals surface area contributed by atoms with Crippen LogP contribution in [0.4, 0.5) is 5.00 Å². The maximum absolute atomic E-state index is 12.7. The van der Waals surface area contributed by atoms with Crippen LogP contribution in [-0.2, 0) is 4.74 Å². The molecule has 0 unspecified atom stereocenters. The fourth-order valence-electron chi connectivity index (χ4n) is 2.84. The summed E-state index contributed by atoms with van der Waals surface area (Å²) in [6, 6.07) is 12.4. The average molecular weight is 426 g/mol. The molecule has 30 heavy (non-hydrogen) atoms. The fraction of sp³-hybridized carbons (Fsp3) is 0.217. The Morgan fingerprint density at radius 3 is 2.50 bits per heavy atom. The molecule has 0 radical (unpaired) electrons. The third kappa shape index (κ3) is 4.80. The van der Waals surface area contributed by atoms with E-state index in [1.54, 1.807) is 26.2 Å². The number of aliphatic imine (C=N–C) groups is 1. The lowest BCUT2D eigenvalue weighted by atomic mass is 10.0. The first kappa shape index (κ1) is 21.4. The number of hydrogen-bond donors (Lipinski definition) is 1. The van der Waals surface area contributed by atoms with Crippen LogP contribution in [0.15, 0.2) is 52.8 Å².